The van der Waals surface area contributed by atoms with Crippen molar-refractivity contribution in [1.29, 1.82) is 0 Å². The minimum Gasteiger partial charge on any atom is -0.279 e. The predicted octanol–water partition coefficient (Wildman–Crippen LogP) is 3.30. The quantitative estimate of drug-likeness (QED) is 0.426. The van der Waals surface area contributed by atoms with Gasteiger partial charge in [-0.15, -0.1) is 6.58 Å². The van der Waals surface area contributed by atoms with Crippen molar-refractivity contribution >= 4 is 16.9 Å². The molecule has 0 bridgehead atoms. The molecular weight excluding hydrogens is 390 g/mol. The van der Waals surface area contributed by atoms with Gasteiger partial charge in [0.2, 0.25) is 5.78 Å². The molecule has 0 saturated carbocycles. The Morgan fingerprint density at radius 2 is 1.74 bits per heavy atom. The van der Waals surface area contributed by atoms with Crippen molar-refractivity contribution in [1.82, 2.24) is 23.1 Å². The largest absolute Gasteiger partial charge is 0.332 e. The summed E-state index contributed by atoms with van der Waals surface area (Å²) < 4.78 is 6.41. The van der Waals surface area contributed by atoms with E-state index in [1.807, 2.05) is 72.3 Å². The summed E-state index contributed by atoms with van der Waals surface area (Å²) in [6.45, 7) is 5.85. The van der Waals surface area contributed by atoms with E-state index in [1.54, 1.807) is 17.5 Å². The lowest BCUT2D eigenvalue weighted by Gasteiger charge is -2.11. The topological polar surface area (TPSA) is 66.2 Å². The summed E-state index contributed by atoms with van der Waals surface area (Å²) in [4.78, 5) is 30.7. The number of rotatable bonds is 4. The number of aryl methyl sites for hydroxylation is 2. The van der Waals surface area contributed by atoms with E-state index in [-0.39, 0.29) is 12.1 Å². The van der Waals surface area contributed by atoms with Gasteiger partial charge in [0.1, 0.15) is 0 Å². The third-order valence-corrected chi connectivity index (χ3v) is 5.59. The highest BCUT2D eigenvalue weighted by atomic mass is 16.2. The number of imidazole rings is 2. The maximum absolute atomic E-state index is 13.3. The average Bonchev–Trinajstić information content (AvgIpc) is 3.33. The molecule has 31 heavy (non-hydrogen) atoms. The fourth-order valence-electron chi connectivity index (χ4n) is 4.05. The summed E-state index contributed by atoms with van der Waals surface area (Å²) in [5.74, 6) is 0.576. The molecule has 0 spiro atoms. The molecule has 0 aliphatic heterocycles. The van der Waals surface area contributed by atoms with Crippen LogP contribution >= 0.6 is 0 Å². The molecule has 0 aliphatic carbocycles. The Bertz CT molecular complexity index is 1580. The Morgan fingerprint density at radius 1 is 1.03 bits per heavy atom. The van der Waals surface area contributed by atoms with E-state index in [0.29, 0.717) is 16.9 Å². The molecule has 0 saturated heterocycles. The fraction of sp³-hybridized carbons (Fsp3) is 0.125. The van der Waals surface area contributed by atoms with Crippen LogP contribution in [-0.4, -0.2) is 23.1 Å². The lowest BCUT2D eigenvalue weighted by Crippen LogP contribution is -2.39. The molecule has 0 radical (unpaired) electrons. The zero-order chi connectivity index (χ0) is 21.7. The number of nitrogens with zero attached hydrogens (tertiary/aromatic N) is 5. The van der Waals surface area contributed by atoms with Crippen molar-refractivity contribution in [2.75, 3.05) is 0 Å². The molecule has 3 aromatic heterocycles. The molecule has 0 N–H and O–H groups in total. The van der Waals surface area contributed by atoms with E-state index in [9.17, 15) is 9.59 Å². The van der Waals surface area contributed by atoms with Gasteiger partial charge in [0.25, 0.3) is 5.56 Å². The van der Waals surface area contributed by atoms with Crippen LogP contribution in [0.25, 0.3) is 33.9 Å². The second-order valence-corrected chi connectivity index (χ2v) is 7.50. The van der Waals surface area contributed by atoms with Crippen LogP contribution in [0.4, 0.5) is 0 Å². The normalized spacial score (nSPS) is 11.4. The van der Waals surface area contributed by atoms with Crippen LogP contribution in [0.5, 0.6) is 0 Å². The number of para-hydroxylation sites is 1. The predicted molar refractivity (Wildman–Crippen MR) is 122 cm³/mol. The van der Waals surface area contributed by atoms with Gasteiger partial charge in [0.05, 0.1) is 11.4 Å². The second-order valence-electron chi connectivity index (χ2n) is 7.50. The standard InChI is InChI=1S/C24H21N5O2/c1-4-14-27-22(30)20-21(26(3)24(27)31)25-23-28(20)15-19(17-11-6-5-7-12-17)29(23)18-13-9-8-10-16(18)2/h4-13,15H,1,14H2,2-3H3. The van der Waals surface area contributed by atoms with Crippen LogP contribution in [-0.2, 0) is 13.6 Å². The molecule has 0 aliphatic rings. The third kappa shape index (κ3) is 2.70. The number of fused-ring (bicyclic) bond motifs is 3. The Morgan fingerprint density at radius 3 is 2.45 bits per heavy atom. The minimum absolute atomic E-state index is 0.138. The maximum atomic E-state index is 13.3. The zero-order valence-corrected chi connectivity index (χ0v) is 17.3. The Labute approximate surface area is 177 Å². The van der Waals surface area contributed by atoms with Crippen molar-refractivity contribution < 1.29 is 0 Å². The van der Waals surface area contributed by atoms with Gasteiger partial charge in [-0.25, -0.2) is 4.79 Å². The van der Waals surface area contributed by atoms with E-state index in [1.165, 1.54) is 9.13 Å². The Hall–Kier alpha value is -4.13. The first-order valence-electron chi connectivity index (χ1n) is 9.98. The van der Waals surface area contributed by atoms with Gasteiger partial charge < -0.3 is 0 Å². The summed E-state index contributed by atoms with van der Waals surface area (Å²) in [5, 5.41) is 0. The Kier molecular flexibility index (Phi) is 4.25. The molecule has 0 atom stereocenters. The first-order chi connectivity index (χ1) is 15.0. The van der Waals surface area contributed by atoms with Gasteiger partial charge in [-0.1, -0.05) is 54.6 Å². The summed E-state index contributed by atoms with van der Waals surface area (Å²) in [7, 11) is 1.63. The summed E-state index contributed by atoms with van der Waals surface area (Å²) in [5.41, 5.74) is 3.86. The van der Waals surface area contributed by atoms with Gasteiger partial charge in [-0.3, -0.25) is 22.9 Å². The van der Waals surface area contributed by atoms with E-state index in [0.717, 1.165) is 22.5 Å². The first kappa shape index (κ1) is 18.9. The number of allylic oxidation sites excluding steroid dienone is 1. The molecule has 2 aromatic carbocycles. The number of benzene rings is 2. The highest BCUT2D eigenvalue weighted by Crippen LogP contribution is 2.29. The van der Waals surface area contributed by atoms with Crippen molar-refractivity contribution in [2.45, 2.75) is 13.5 Å². The van der Waals surface area contributed by atoms with E-state index in [4.69, 9.17) is 4.98 Å². The molecular formula is C24H21N5O2. The number of aromatic nitrogens is 5. The second kappa shape index (κ2) is 6.98. The summed E-state index contributed by atoms with van der Waals surface area (Å²) in [6.07, 6.45) is 3.46. The van der Waals surface area contributed by atoms with Crippen LogP contribution in [0, 0.1) is 6.92 Å². The van der Waals surface area contributed by atoms with Crippen LogP contribution in [0.1, 0.15) is 5.56 Å². The SMILES string of the molecule is C=CCn1c(=O)c2c(nc3n(-c4ccccc4C)c(-c4ccccc4)cn23)n(C)c1=O. The highest BCUT2D eigenvalue weighted by Gasteiger charge is 2.22. The lowest BCUT2D eigenvalue weighted by atomic mass is 10.1. The molecule has 0 unspecified atom stereocenters. The molecule has 5 aromatic rings. The molecule has 7 heteroatoms. The van der Waals surface area contributed by atoms with E-state index >= 15 is 0 Å². The molecule has 0 amide bonds. The summed E-state index contributed by atoms with van der Waals surface area (Å²) in [6, 6.07) is 18.0. The van der Waals surface area contributed by atoms with Crippen molar-refractivity contribution in [3.63, 3.8) is 0 Å². The monoisotopic (exact) mass is 411 g/mol. The van der Waals surface area contributed by atoms with E-state index in [2.05, 4.69) is 6.58 Å². The number of hydrogen-bond donors (Lipinski definition) is 0. The molecule has 7 nitrogen and oxygen atoms in total. The van der Waals surface area contributed by atoms with Gasteiger partial charge in [0, 0.05) is 25.4 Å². The fourth-order valence-corrected chi connectivity index (χ4v) is 4.05. The molecule has 0 fully saturated rings. The molecule has 3 heterocycles. The lowest BCUT2D eigenvalue weighted by molar-refractivity contribution is 0.667. The van der Waals surface area contributed by atoms with Crippen LogP contribution in [0.15, 0.2) is 83.0 Å². The maximum Gasteiger partial charge on any atom is 0.332 e. The Balaban J connectivity index is 1.98. The van der Waals surface area contributed by atoms with Gasteiger partial charge >= 0.3 is 5.69 Å². The first-order valence-corrected chi connectivity index (χ1v) is 9.98. The van der Waals surface area contributed by atoms with Gasteiger partial charge in [-0.05, 0) is 18.6 Å². The van der Waals surface area contributed by atoms with Crippen LogP contribution in [0.2, 0.25) is 0 Å². The zero-order valence-electron chi connectivity index (χ0n) is 17.3. The molecule has 154 valence electrons. The van der Waals surface area contributed by atoms with Crippen molar-refractivity contribution in [3.8, 4) is 16.9 Å². The summed E-state index contributed by atoms with van der Waals surface area (Å²) >= 11 is 0. The smallest absolute Gasteiger partial charge is 0.279 e. The van der Waals surface area contributed by atoms with Crippen LogP contribution < -0.4 is 11.2 Å². The minimum atomic E-state index is -0.413. The van der Waals surface area contributed by atoms with Crippen molar-refractivity contribution in [3.05, 3.63) is 99.9 Å². The van der Waals surface area contributed by atoms with E-state index < -0.39 is 5.69 Å². The average molecular weight is 411 g/mol. The highest BCUT2D eigenvalue weighted by molar-refractivity contribution is 5.79. The van der Waals surface area contributed by atoms with Gasteiger partial charge in [0.15, 0.2) is 11.2 Å². The molecule has 5 rings (SSSR count). The van der Waals surface area contributed by atoms with Crippen LogP contribution in [0.3, 0.4) is 0 Å². The third-order valence-electron chi connectivity index (χ3n) is 5.59. The van der Waals surface area contributed by atoms with Gasteiger partial charge in [-0.2, -0.15) is 4.98 Å². The van der Waals surface area contributed by atoms with Crippen molar-refractivity contribution in [2.24, 2.45) is 7.05 Å². The number of hydrogen-bond acceptors (Lipinski definition) is 3.